The molecule has 25 heavy (non-hydrogen) atoms. The summed E-state index contributed by atoms with van der Waals surface area (Å²) >= 11 is 0. The lowest BCUT2D eigenvalue weighted by molar-refractivity contribution is 0.0697. The zero-order valence-corrected chi connectivity index (χ0v) is 13.3. The van der Waals surface area contributed by atoms with Gasteiger partial charge in [0.05, 0.1) is 16.6 Å². The molecule has 0 spiro atoms. The zero-order chi connectivity index (χ0) is 17.4. The van der Waals surface area contributed by atoms with Crippen molar-refractivity contribution < 1.29 is 9.90 Å². The van der Waals surface area contributed by atoms with Crippen LogP contribution in [0.25, 0.3) is 16.7 Å². The summed E-state index contributed by atoms with van der Waals surface area (Å²) in [7, 11) is 0. The number of anilines is 1. The second-order valence-electron chi connectivity index (χ2n) is 5.72. The molecule has 8 nitrogen and oxygen atoms in total. The van der Waals surface area contributed by atoms with E-state index in [4.69, 9.17) is 5.11 Å². The van der Waals surface area contributed by atoms with E-state index < -0.39 is 5.97 Å². The number of benzene rings is 2. The number of nitrogens with zero attached hydrogens (tertiary/aromatic N) is 5. The van der Waals surface area contributed by atoms with Gasteiger partial charge in [0.1, 0.15) is 0 Å². The van der Waals surface area contributed by atoms with E-state index in [1.54, 1.807) is 28.8 Å². The van der Waals surface area contributed by atoms with E-state index in [0.29, 0.717) is 18.0 Å². The van der Waals surface area contributed by atoms with Gasteiger partial charge in [-0.3, -0.25) is 0 Å². The summed E-state index contributed by atoms with van der Waals surface area (Å²) in [6.45, 7) is 2.48. The Morgan fingerprint density at radius 1 is 1.20 bits per heavy atom. The lowest BCUT2D eigenvalue weighted by Gasteiger charge is -2.09. The van der Waals surface area contributed by atoms with Crippen LogP contribution in [0.1, 0.15) is 21.5 Å². The van der Waals surface area contributed by atoms with Crippen LogP contribution in [0.15, 0.2) is 42.5 Å². The normalized spacial score (nSPS) is 11.1. The van der Waals surface area contributed by atoms with Crippen LogP contribution < -0.4 is 5.32 Å². The molecule has 2 N–H and O–H groups in total. The number of aromatic nitrogens is 5. The zero-order valence-electron chi connectivity index (χ0n) is 13.3. The average Bonchev–Trinajstić information content (AvgIpc) is 3.10. The Kier molecular flexibility index (Phi) is 3.50. The fourth-order valence-corrected chi connectivity index (χ4v) is 2.63. The monoisotopic (exact) mass is 334 g/mol. The molecule has 0 aliphatic heterocycles. The van der Waals surface area contributed by atoms with Crippen molar-refractivity contribution in [3.05, 3.63) is 59.2 Å². The van der Waals surface area contributed by atoms with E-state index in [1.807, 2.05) is 25.1 Å². The third-order valence-electron chi connectivity index (χ3n) is 3.93. The summed E-state index contributed by atoms with van der Waals surface area (Å²) in [6, 6.07) is 12.6. The molecular formula is C17H14N6O2. The van der Waals surface area contributed by atoms with Gasteiger partial charge in [0.25, 0.3) is 0 Å². The van der Waals surface area contributed by atoms with E-state index in [-0.39, 0.29) is 5.56 Å². The summed E-state index contributed by atoms with van der Waals surface area (Å²) in [5.74, 6) is -0.370. The minimum Gasteiger partial charge on any atom is -0.478 e. The summed E-state index contributed by atoms with van der Waals surface area (Å²) in [6.07, 6.45) is 0. The maximum absolute atomic E-state index is 10.9. The number of rotatable bonds is 4. The first-order valence-corrected chi connectivity index (χ1v) is 7.66. The molecule has 0 aliphatic carbocycles. The van der Waals surface area contributed by atoms with Crippen LogP contribution >= 0.6 is 0 Å². The third-order valence-corrected chi connectivity index (χ3v) is 3.93. The van der Waals surface area contributed by atoms with Crippen LogP contribution in [0.2, 0.25) is 0 Å². The standard InChI is InChI=1S/C17H14N6O2/c1-10-2-7-13-14(8-10)23-16(20-21-22-23)15(19-13)18-9-11-3-5-12(6-4-11)17(24)25/h2-8H,9H2,1H3,(H,18,19)(H,24,25). The van der Waals surface area contributed by atoms with Crippen LogP contribution in [0, 0.1) is 6.92 Å². The first-order valence-electron chi connectivity index (χ1n) is 7.66. The largest absolute Gasteiger partial charge is 0.478 e. The summed E-state index contributed by atoms with van der Waals surface area (Å²) < 4.78 is 1.66. The molecule has 2 heterocycles. The van der Waals surface area contributed by atoms with E-state index in [9.17, 15) is 4.79 Å². The van der Waals surface area contributed by atoms with Gasteiger partial charge in [-0.05, 0) is 52.7 Å². The SMILES string of the molecule is Cc1ccc2nc(NCc3ccc(C(=O)O)cc3)c3nnnn3c2c1. The lowest BCUT2D eigenvalue weighted by Crippen LogP contribution is -2.06. The number of carboxylic acid groups (broad SMARTS) is 1. The highest BCUT2D eigenvalue weighted by atomic mass is 16.4. The fourth-order valence-electron chi connectivity index (χ4n) is 2.63. The Hall–Kier alpha value is -3.55. The number of fused-ring (bicyclic) bond motifs is 3. The minimum absolute atomic E-state index is 0.256. The number of carboxylic acids is 1. The highest BCUT2D eigenvalue weighted by Gasteiger charge is 2.11. The Morgan fingerprint density at radius 3 is 2.76 bits per heavy atom. The number of aromatic carboxylic acids is 1. The Bertz CT molecular complexity index is 1090. The van der Waals surface area contributed by atoms with Gasteiger partial charge < -0.3 is 10.4 Å². The summed E-state index contributed by atoms with van der Waals surface area (Å²) in [4.78, 5) is 15.5. The van der Waals surface area contributed by atoms with Crippen LogP contribution in [0.4, 0.5) is 5.82 Å². The Labute approximate surface area is 142 Å². The number of tetrazole rings is 1. The molecular weight excluding hydrogens is 320 g/mol. The van der Waals surface area contributed by atoms with E-state index in [1.165, 1.54) is 0 Å². The Morgan fingerprint density at radius 2 is 2.00 bits per heavy atom. The van der Waals surface area contributed by atoms with Crippen molar-refractivity contribution >= 4 is 28.5 Å². The molecule has 2 aromatic carbocycles. The average molecular weight is 334 g/mol. The number of carbonyl (C=O) groups is 1. The van der Waals surface area contributed by atoms with Crippen LogP contribution in [0.5, 0.6) is 0 Å². The molecule has 0 radical (unpaired) electrons. The van der Waals surface area contributed by atoms with E-state index in [2.05, 4.69) is 25.8 Å². The molecule has 4 rings (SSSR count). The van der Waals surface area contributed by atoms with Crippen molar-refractivity contribution in [2.75, 3.05) is 5.32 Å². The van der Waals surface area contributed by atoms with Crippen molar-refractivity contribution in [3.63, 3.8) is 0 Å². The predicted molar refractivity (Wildman–Crippen MR) is 91.5 cm³/mol. The molecule has 0 amide bonds. The van der Waals surface area contributed by atoms with Crippen molar-refractivity contribution in [1.82, 2.24) is 25.0 Å². The summed E-state index contributed by atoms with van der Waals surface area (Å²) in [5, 5.41) is 24.0. The first kappa shape index (κ1) is 15.0. The molecule has 0 atom stereocenters. The number of hydrogen-bond acceptors (Lipinski definition) is 6. The van der Waals surface area contributed by atoms with Gasteiger partial charge in [0.15, 0.2) is 5.82 Å². The molecule has 0 saturated carbocycles. The topological polar surface area (TPSA) is 105 Å². The highest BCUT2D eigenvalue weighted by Crippen LogP contribution is 2.20. The Balaban J connectivity index is 1.67. The van der Waals surface area contributed by atoms with Gasteiger partial charge >= 0.3 is 5.97 Å². The van der Waals surface area contributed by atoms with Crippen LogP contribution in [-0.4, -0.2) is 36.1 Å². The lowest BCUT2D eigenvalue weighted by atomic mass is 10.1. The van der Waals surface area contributed by atoms with E-state index >= 15 is 0 Å². The highest BCUT2D eigenvalue weighted by molar-refractivity contribution is 5.87. The van der Waals surface area contributed by atoms with Gasteiger partial charge in [0, 0.05) is 6.54 Å². The number of nitrogens with one attached hydrogen (secondary N) is 1. The van der Waals surface area contributed by atoms with Crippen LogP contribution in [0.3, 0.4) is 0 Å². The van der Waals surface area contributed by atoms with Gasteiger partial charge in [0.2, 0.25) is 5.65 Å². The maximum Gasteiger partial charge on any atom is 0.335 e. The maximum atomic E-state index is 10.9. The second-order valence-corrected chi connectivity index (χ2v) is 5.72. The van der Waals surface area contributed by atoms with Gasteiger partial charge in [-0.1, -0.05) is 18.2 Å². The molecule has 0 aliphatic rings. The number of aryl methyl sites for hydroxylation is 1. The smallest absolute Gasteiger partial charge is 0.335 e. The van der Waals surface area contributed by atoms with Gasteiger partial charge in [-0.2, -0.15) is 4.52 Å². The quantitative estimate of drug-likeness (QED) is 0.590. The minimum atomic E-state index is -0.942. The van der Waals surface area contributed by atoms with Crippen molar-refractivity contribution in [2.24, 2.45) is 0 Å². The second kappa shape index (κ2) is 5.82. The van der Waals surface area contributed by atoms with E-state index in [0.717, 1.165) is 22.2 Å². The first-order chi connectivity index (χ1) is 12.1. The molecule has 0 saturated heterocycles. The van der Waals surface area contributed by atoms with Gasteiger partial charge in [-0.25, -0.2) is 9.78 Å². The predicted octanol–water partition coefficient (Wildman–Crippen LogP) is 2.29. The molecule has 0 unspecified atom stereocenters. The molecule has 4 aromatic rings. The van der Waals surface area contributed by atoms with Crippen molar-refractivity contribution in [1.29, 1.82) is 0 Å². The van der Waals surface area contributed by atoms with Crippen molar-refractivity contribution in [3.8, 4) is 0 Å². The molecule has 124 valence electrons. The molecule has 8 heteroatoms. The number of hydrogen-bond donors (Lipinski definition) is 2. The molecule has 2 aromatic heterocycles. The van der Waals surface area contributed by atoms with Gasteiger partial charge in [-0.15, -0.1) is 5.10 Å². The fraction of sp³-hybridized carbons (Fsp3) is 0.118. The molecule has 0 fully saturated rings. The van der Waals surface area contributed by atoms with Crippen LogP contribution in [-0.2, 0) is 6.54 Å². The molecule has 0 bridgehead atoms. The third kappa shape index (κ3) is 2.74. The summed E-state index contributed by atoms with van der Waals surface area (Å²) in [5.41, 5.74) is 4.46. The van der Waals surface area contributed by atoms with Crippen molar-refractivity contribution in [2.45, 2.75) is 13.5 Å².